The van der Waals surface area contributed by atoms with Gasteiger partial charge in [-0.2, -0.15) is 0 Å². The zero-order chi connectivity index (χ0) is 19.5. The first-order valence-electron chi connectivity index (χ1n) is 7.89. The van der Waals surface area contributed by atoms with Crippen LogP contribution in [0.2, 0.25) is 0 Å². The van der Waals surface area contributed by atoms with E-state index in [0.717, 1.165) is 6.26 Å². The van der Waals surface area contributed by atoms with Crippen molar-refractivity contribution in [2.24, 2.45) is 5.73 Å². The van der Waals surface area contributed by atoms with Gasteiger partial charge in [-0.3, -0.25) is 14.4 Å². The first-order chi connectivity index (χ1) is 12.0. The average molecular weight is 390 g/mol. The predicted octanol–water partition coefficient (Wildman–Crippen LogP) is -3.23. The monoisotopic (exact) mass is 390 g/mol. The van der Waals surface area contributed by atoms with Gasteiger partial charge in [0.25, 0.3) is 0 Å². The normalized spacial score (nSPS) is 27.0. The molecule has 0 saturated carbocycles. The number of cyclic esters (lactones) is 1. The summed E-state index contributed by atoms with van der Waals surface area (Å²) in [6, 6.07) is -1.73. The standard InChI is InChI=1S/C14H22N4O7S/c1-26(23,24)16-5-8-2-3-9(15)13(21)18(6-8)7-11(19)17-10-4-12(20)25-14(10)22/h2,9-10,14,16,22H,3-7,15H2,1H3,(H,17,19). The van der Waals surface area contributed by atoms with Crippen LogP contribution in [0.5, 0.6) is 0 Å². The fourth-order valence-electron chi connectivity index (χ4n) is 2.60. The van der Waals surface area contributed by atoms with Gasteiger partial charge in [0.2, 0.25) is 28.1 Å². The van der Waals surface area contributed by atoms with Crippen molar-refractivity contribution < 1.29 is 32.6 Å². The van der Waals surface area contributed by atoms with Crippen LogP contribution in [0.4, 0.5) is 0 Å². The van der Waals surface area contributed by atoms with Crippen LogP contribution in [0, 0.1) is 0 Å². The number of ether oxygens (including phenoxy) is 1. The highest BCUT2D eigenvalue weighted by Gasteiger charge is 2.35. The molecule has 0 radical (unpaired) electrons. The number of carbonyl (C=O) groups excluding carboxylic acids is 3. The van der Waals surface area contributed by atoms with E-state index in [4.69, 9.17) is 5.73 Å². The van der Waals surface area contributed by atoms with Crippen LogP contribution in [0.25, 0.3) is 0 Å². The summed E-state index contributed by atoms with van der Waals surface area (Å²) in [6.45, 7) is -0.314. The van der Waals surface area contributed by atoms with E-state index < -0.39 is 46.2 Å². The van der Waals surface area contributed by atoms with Crippen LogP contribution in [0.15, 0.2) is 11.6 Å². The molecular weight excluding hydrogens is 368 g/mol. The van der Waals surface area contributed by atoms with Gasteiger partial charge in [-0.25, -0.2) is 13.1 Å². The smallest absolute Gasteiger partial charge is 0.310 e. The first-order valence-corrected chi connectivity index (χ1v) is 9.78. The number of aliphatic hydroxyl groups is 1. The maximum atomic E-state index is 12.3. The van der Waals surface area contributed by atoms with Gasteiger partial charge in [-0.15, -0.1) is 0 Å². The van der Waals surface area contributed by atoms with E-state index in [1.807, 2.05) is 0 Å². The molecule has 2 heterocycles. The molecule has 2 rings (SSSR count). The van der Waals surface area contributed by atoms with E-state index in [1.54, 1.807) is 6.08 Å². The Morgan fingerprint density at radius 3 is 2.73 bits per heavy atom. The van der Waals surface area contributed by atoms with Crippen LogP contribution in [0.1, 0.15) is 12.8 Å². The second-order valence-electron chi connectivity index (χ2n) is 6.25. The molecule has 3 unspecified atom stereocenters. The topological polar surface area (TPSA) is 168 Å². The van der Waals surface area contributed by atoms with Gasteiger partial charge in [-0.1, -0.05) is 6.08 Å². The van der Waals surface area contributed by atoms with Crippen LogP contribution in [0.3, 0.4) is 0 Å². The van der Waals surface area contributed by atoms with Crippen molar-refractivity contribution in [1.82, 2.24) is 14.9 Å². The van der Waals surface area contributed by atoms with Crippen LogP contribution >= 0.6 is 0 Å². The summed E-state index contributed by atoms with van der Waals surface area (Å²) in [7, 11) is -3.41. The van der Waals surface area contributed by atoms with Gasteiger partial charge in [0.1, 0.15) is 6.04 Å². The highest BCUT2D eigenvalue weighted by Crippen LogP contribution is 2.14. The molecule has 0 aromatic rings. The number of nitrogens with one attached hydrogen (secondary N) is 2. The van der Waals surface area contributed by atoms with E-state index in [2.05, 4.69) is 14.8 Å². The zero-order valence-electron chi connectivity index (χ0n) is 14.2. The fraction of sp³-hybridized carbons (Fsp3) is 0.643. The van der Waals surface area contributed by atoms with Crippen LogP contribution in [-0.2, 0) is 29.1 Å². The minimum Gasteiger partial charge on any atom is -0.434 e. The van der Waals surface area contributed by atoms with E-state index in [0.29, 0.717) is 5.57 Å². The third kappa shape index (κ3) is 5.76. The average Bonchev–Trinajstić information content (AvgIpc) is 2.77. The molecule has 0 aromatic heterocycles. The quantitative estimate of drug-likeness (QED) is 0.271. The highest BCUT2D eigenvalue weighted by atomic mass is 32.2. The SMILES string of the molecule is CS(=O)(=O)NCC1=CCC(N)C(=O)N(CC(=O)NC2CC(=O)OC2O)C1. The lowest BCUT2D eigenvalue weighted by molar-refractivity contribution is -0.155. The van der Waals surface area contributed by atoms with E-state index >= 15 is 0 Å². The van der Waals surface area contributed by atoms with Crippen molar-refractivity contribution in [2.75, 3.05) is 25.9 Å². The Labute approximate surface area is 150 Å². The van der Waals surface area contributed by atoms with Gasteiger partial charge in [0.15, 0.2) is 0 Å². The number of hydrogen-bond donors (Lipinski definition) is 4. The lowest BCUT2D eigenvalue weighted by atomic mass is 10.2. The summed E-state index contributed by atoms with van der Waals surface area (Å²) < 4.78 is 29.3. The van der Waals surface area contributed by atoms with Gasteiger partial charge in [-0.05, 0) is 12.0 Å². The van der Waals surface area contributed by atoms with E-state index in [9.17, 15) is 27.9 Å². The molecule has 11 nitrogen and oxygen atoms in total. The summed E-state index contributed by atoms with van der Waals surface area (Å²) >= 11 is 0. The molecular formula is C14H22N4O7S. The number of nitrogens with two attached hydrogens (primary N) is 1. The number of rotatable bonds is 6. The number of amides is 2. The van der Waals surface area contributed by atoms with E-state index in [1.165, 1.54) is 4.90 Å². The number of sulfonamides is 1. The summed E-state index contributed by atoms with van der Waals surface area (Å²) in [6.07, 6.45) is 1.32. The van der Waals surface area contributed by atoms with E-state index in [-0.39, 0.29) is 32.5 Å². The van der Waals surface area contributed by atoms with Gasteiger partial charge >= 0.3 is 5.97 Å². The zero-order valence-corrected chi connectivity index (χ0v) is 15.0. The fourth-order valence-corrected chi connectivity index (χ4v) is 3.04. The molecule has 1 fully saturated rings. The third-order valence-electron chi connectivity index (χ3n) is 3.91. The molecule has 0 aliphatic carbocycles. The van der Waals surface area contributed by atoms with Crippen molar-refractivity contribution in [1.29, 1.82) is 0 Å². The molecule has 2 aliphatic heterocycles. The van der Waals surface area contributed by atoms with Crippen molar-refractivity contribution >= 4 is 27.8 Å². The Morgan fingerprint density at radius 2 is 2.15 bits per heavy atom. The molecule has 12 heteroatoms. The molecule has 26 heavy (non-hydrogen) atoms. The summed E-state index contributed by atoms with van der Waals surface area (Å²) in [5, 5.41) is 11.9. The molecule has 2 amide bonds. The Hall–Kier alpha value is -2.02. The Balaban J connectivity index is 1.98. The summed E-state index contributed by atoms with van der Waals surface area (Å²) in [5.74, 6) is -1.68. The Morgan fingerprint density at radius 1 is 1.46 bits per heavy atom. The summed E-state index contributed by atoms with van der Waals surface area (Å²) in [4.78, 5) is 36.7. The molecule has 146 valence electrons. The Kier molecular flexibility index (Phi) is 6.34. The number of carbonyl (C=O) groups is 3. The van der Waals surface area contributed by atoms with Crippen LogP contribution in [-0.4, -0.2) is 80.5 Å². The van der Waals surface area contributed by atoms with Crippen molar-refractivity contribution in [3.8, 4) is 0 Å². The second kappa shape index (κ2) is 8.12. The number of hydrogen-bond acceptors (Lipinski definition) is 8. The Bertz CT molecular complexity index is 721. The third-order valence-corrected chi connectivity index (χ3v) is 4.58. The number of esters is 1. The summed E-state index contributed by atoms with van der Waals surface area (Å²) in [5.41, 5.74) is 6.38. The maximum Gasteiger partial charge on any atom is 0.310 e. The lowest BCUT2D eigenvalue weighted by Crippen LogP contribution is -2.50. The molecule has 3 atom stereocenters. The number of nitrogens with zero attached hydrogens (tertiary/aromatic N) is 1. The molecule has 0 aromatic carbocycles. The minimum absolute atomic E-state index is 0.000628. The molecule has 2 aliphatic rings. The van der Waals surface area contributed by atoms with Crippen molar-refractivity contribution in [3.05, 3.63) is 11.6 Å². The highest BCUT2D eigenvalue weighted by molar-refractivity contribution is 7.88. The maximum absolute atomic E-state index is 12.3. The molecule has 1 saturated heterocycles. The van der Waals surface area contributed by atoms with Gasteiger partial charge in [0.05, 0.1) is 25.3 Å². The minimum atomic E-state index is -3.41. The molecule has 0 bridgehead atoms. The van der Waals surface area contributed by atoms with Crippen molar-refractivity contribution in [2.45, 2.75) is 31.2 Å². The van der Waals surface area contributed by atoms with Crippen molar-refractivity contribution in [3.63, 3.8) is 0 Å². The molecule has 5 N–H and O–H groups in total. The number of aliphatic hydroxyl groups excluding tert-OH is 1. The largest absolute Gasteiger partial charge is 0.434 e. The van der Waals surface area contributed by atoms with Gasteiger partial charge in [0, 0.05) is 13.1 Å². The van der Waals surface area contributed by atoms with Crippen LogP contribution < -0.4 is 15.8 Å². The predicted molar refractivity (Wildman–Crippen MR) is 88.7 cm³/mol. The lowest BCUT2D eigenvalue weighted by Gasteiger charge is -2.24. The molecule has 0 spiro atoms. The second-order valence-corrected chi connectivity index (χ2v) is 8.08. The first kappa shape index (κ1) is 20.3. The van der Waals surface area contributed by atoms with Gasteiger partial charge < -0.3 is 25.8 Å².